The van der Waals surface area contributed by atoms with Gasteiger partial charge in [0.1, 0.15) is 5.60 Å². The molecule has 2 heteroatoms. The monoisotopic (exact) mass is 163 g/mol. The Morgan fingerprint density at radius 2 is 2.17 bits per heavy atom. The van der Waals surface area contributed by atoms with Crippen LogP contribution in [0.2, 0.25) is 0 Å². The Balaban J connectivity index is 2.33. The molecule has 1 N–H and O–H groups in total. The van der Waals surface area contributed by atoms with E-state index < -0.39 is 5.60 Å². The first-order chi connectivity index (χ1) is 5.71. The van der Waals surface area contributed by atoms with Crippen molar-refractivity contribution in [1.82, 2.24) is 4.98 Å². The highest BCUT2D eigenvalue weighted by Gasteiger charge is 2.37. The summed E-state index contributed by atoms with van der Waals surface area (Å²) in [6.45, 7) is 1.95. The van der Waals surface area contributed by atoms with E-state index in [4.69, 9.17) is 0 Å². The van der Waals surface area contributed by atoms with Crippen molar-refractivity contribution in [3.05, 3.63) is 29.6 Å². The highest BCUT2D eigenvalue weighted by atomic mass is 16.3. The minimum atomic E-state index is -0.605. The number of aryl methyl sites for hydroxylation is 1. The standard InChI is InChI=1S/C10H13NO/c1-8-4-2-5-9(11-8)10(12)6-3-7-10/h2,4-5,12H,3,6-7H2,1H3. The molecular weight excluding hydrogens is 150 g/mol. The predicted molar refractivity (Wildman–Crippen MR) is 46.7 cm³/mol. The summed E-state index contributed by atoms with van der Waals surface area (Å²) in [4.78, 5) is 4.32. The van der Waals surface area contributed by atoms with Crippen molar-refractivity contribution < 1.29 is 5.11 Å². The van der Waals surface area contributed by atoms with Gasteiger partial charge in [0.25, 0.3) is 0 Å². The molecule has 0 aliphatic heterocycles. The zero-order chi connectivity index (χ0) is 8.60. The van der Waals surface area contributed by atoms with Crippen molar-refractivity contribution >= 4 is 0 Å². The molecule has 0 radical (unpaired) electrons. The van der Waals surface area contributed by atoms with Gasteiger partial charge in [0.2, 0.25) is 0 Å². The normalized spacial score (nSPS) is 20.2. The van der Waals surface area contributed by atoms with E-state index in [1.807, 2.05) is 25.1 Å². The quantitative estimate of drug-likeness (QED) is 0.684. The first-order valence-corrected chi connectivity index (χ1v) is 4.37. The molecule has 12 heavy (non-hydrogen) atoms. The van der Waals surface area contributed by atoms with Crippen LogP contribution in [0, 0.1) is 6.92 Å². The summed E-state index contributed by atoms with van der Waals surface area (Å²) in [6, 6.07) is 5.81. The molecule has 1 aromatic rings. The molecule has 1 aliphatic carbocycles. The van der Waals surface area contributed by atoms with Gasteiger partial charge in [-0.25, -0.2) is 0 Å². The van der Waals surface area contributed by atoms with Crippen LogP contribution in [-0.4, -0.2) is 10.1 Å². The van der Waals surface area contributed by atoms with E-state index in [9.17, 15) is 5.11 Å². The SMILES string of the molecule is Cc1cccc(C2(O)CCC2)n1. The Morgan fingerprint density at radius 3 is 2.67 bits per heavy atom. The lowest BCUT2D eigenvalue weighted by atomic mass is 9.77. The van der Waals surface area contributed by atoms with Crippen molar-refractivity contribution in [3.63, 3.8) is 0 Å². The van der Waals surface area contributed by atoms with Gasteiger partial charge in [-0.05, 0) is 38.3 Å². The summed E-state index contributed by atoms with van der Waals surface area (Å²) in [5.74, 6) is 0. The Bertz CT molecular complexity index is 292. The molecule has 2 rings (SSSR count). The molecule has 0 amide bonds. The van der Waals surface area contributed by atoms with Gasteiger partial charge in [0.05, 0.1) is 5.69 Å². The number of aromatic nitrogens is 1. The van der Waals surface area contributed by atoms with Crippen LogP contribution in [0.15, 0.2) is 18.2 Å². The summed E-state index contributed by atoms with van der Waals surface area (Å²) < 4.78 is 0. The lowest BCUT2D eigenvalue weighted by Gasteiger charge is -2.35. The Labute approximate surface area is 72.3 Å². The van der Waals surface area contributed by atoms with E-state index in [2.05, 4.69) is 4.98 Å². The van der Waals surface area contributed by atoms with Gasteiger partial charge in [-0.1, -0.05) is 6.07 Å². The second kappa shape index (κ2) is 2.56. The van der Waals surface area contributed by atoms with E-state index in [1.165, 1.54) is 0 Å². The number of pyridine rings is 1. The van der Waals surface area contributed by atoms with Crippen LogP contribution in [0.1, 0.15) is 30.7 Å². The van der Waals surface area contributed by atoms with Crippen LogP contribution in [0.25, 0.3) is 0 Å². The van der Waals surface area contributed by atoms with Crippen LogP contribution in [0.4, 0.5) is 0 Å². The number of hydrogen-bond acceptors (Lipinski definition) is 2. The Hall–Kier alpha value is -0.890. The molecule has 2 nitrogen and oxygen atoms in total. The largest absolute Gasteiger partial charge is 0.384 e. The zero-order valence-electron chi connectivity index (χ0n) is 7.25. The minimum Gasteiger partial charge on any atom is -0.384 e. The smallest absolute Gasteiger partial charge is 0.106 e. The van der Waals surface area contributed by atoms with Crippen LogP contribution in [0.3, 0.4) is 0 Å². The van der Waals surface area contributed by atoms with Crippen molar-refractivity contribution in [3.8, 4) is 0 Å². The molecule has 1 aliphatic rings. The fourth-order valence-corrected chi connectivity index (χ4v) is 1.57. The van der Waals surface area contributed by atoms with E-state index in [-0.39, 0.29) is 0 Å². The molecule has 0 atom stereocenters. The van der Waals surface area contributed by atoms with Crippen molar-refractivity contribution in [2.24, 2.45) is 0 Å². The maximum absolute atomic E-state index is 9.94. The van der Waals surface area contributed by atoms with Crippen LogP contribution < -0.4 is 0 Å². The van der Waals surface area contributed by atoms with Crippen molar-refractivity contribution in [2.75, 3.05) is 0 Å². The average Bonchev–Trinajstić information content (AvgIpc) is 2.00. The van der Waals surface area contributed by atoms with E-state index in [1.54, 1.807) is 0 Å². The predicted octanol–water partition coefficient (Wildman–Crippen LogP) is 1.76. The van der Waals surface area contributed by atoms with Crippen molar-refractivity contribution in [2.45, 2.75) is 31.8 Å². The Kier molecular flexibility index (Phi) is 1.65. The lowest BCUT2D eigenvalue weighted by molar-refractivity contribution is -0.0427. The van der Waals surface area contributed by atoms with Gasteiger partial charge in [0.15, 0.2) is 0 Å². The van der Waals surface area contributed by atoms with Crippen LogP contribution in [0.5, 0.6) is 0 Å². The third-order valence-electron chi connectivity index (χ3n) is 2.55. The molecule has 0 aromatic carbocycles. The highest BCUT2D eigenvalue weighted by Crippen LogP contribution is 2.39. The van der Waals surface area contributed by atoms with Gasteiger partial charge in [-0.3, -0.25) is 4.98 Å². The molecule has 0 bridgehead atoms. The van der Waals surface area contributed by atoms with Gasteiger partial charge in [0, 0.05) is 5.69 Å². The van der Waals surface area contributed by atoms with Gasteiger partial charge in [-0.2, -0.15) is 0 Å². The second-order valence-electron chi connectivity index (χ2n) is 3.55. The molecule has 1 heterocycles. The fourth-order valence-electron chi connectivity index (χ4n) is 1.57. The molecule has 64 valence electrons. The minimum absolute atomic E-state index is 0.605. The highest BCUT2D eigenvalue weighted by molar-refractivity contribution is 5.18. The second-order valence-corrected chi connectivity index (χ2v) is 3.55. The molecule has 1 fully saturated rings. The molecule has 0 spiro atoms. The maximum atomic E-state index is 9.94. The number of nitrogens with zero attached hydrogens (tertiary/aromatic N) is 1. The van der Waals surface area contributed by atoms with Crippen LogP contribution in [-0.2, 0) is 5.60 Å². The summed E-state index contributed by atoms with van der Waals surface area (Å²) in [5, 5.41) is 9.94. The summed E-state index contributed by atoms with van der Waals surface area (Å²) in [6.07, 6.45) is 2.85. The average molecular weight is 163 g/mol. The third kappa shape index (κ3) is 1.12. The molecule has 1 saturated carbocycles. The Morgan fingerprint density at radius 1 is 1.42 bits per heavy atom. The van der Waals surface area contributed by atoms with Crippen molar-refractivity contribution in [1.29, 1.82) is 0 Å². The van der Waals surface area contributed by atoms with Crippen LogP contribution >= 0.6 is 0 Å². The van der Waals surface area contributed by atoms with E-state index in [0.717, 1.165) is 30.7 Å². The first-order valence-electron chi connectivity index (χ1n) is 4.37. The topological polar surface area (TPSA) is 33.1 Å². The number of aliphatic hydroxyl groups is 1. The molecular formula is C10H13NO. The number of hydrogen-bond donors (Lipinski definition) is 1. The van der Waals surface area contributed by atoms with Gasteiger partial charge in [-0.15, -0.1) is 0 Å². The molecule has 1 aromatic heterocycles. The van der Waals surface area contributed by atoms with Gasteiger partial charge < -0.3 is 5.11 Å². The number of rotatable bonds is 1. The summed E-state index contributed by atoms with van der Waals surface area (Å²) >= 11 is 0. The maximum Gasteiger partial charge on any atom is 0.106 e. The lowest BCUT2D eigenvalue weighted by Crippen LogP contribution is -2.34. The first kappa shape index (κ1) is 7.74. The van der Waals surface area contributed by atoms with E-state index >= 15 is 0 Å². The molecule has 0 saturated heterocycles. The zero-order valence-corrected chi connectivity index (χ0v) is 7.25. The molecule has 0 unspecified atom stereocenters. The fraction of sp³-hybridized carbons (Fsp3) is 0.500. The van der Waals surface area contributed by atoms with Gasteiger partial charge >= 0.3 is 0 Å². The van der Waals surface area contributed by atoms with E-state index in [0.29, 0.717) is 0 Å². The summed E-state index contributed by atoms with van der Waals surface area (Å²) in [7, 11) is 0. The third-order valence-corrected chi connectivity index (χ3v) is 2.55. The summed E-state index contributed by atoms with van der Waals surface area (Å²) in [5.41, 5.74) is 1.22.